The van der Waals surface area contributed by atoms with Crippen LogP contribution in [0.25, 0.3) is 0 Å². The van der Waals surface area contributed by atoms with Gasteiger partial charge in [0.1, 0.15) is 6.10 Å². The molecule has 0 bridgehead atoms. The fraction of sp³-hybridized carbons (Fsp3) is 0.800. The van der Waals surface area contributed by atoms with E-state index in [1.807, 2.05) is 0 Å². The Hall–Kier alpha value is -1.28. The van der Waals surface area contributed by atoms with Crippen molar-refractivity contribution in [1.29, 1.82) is 0 Å². The van der Waals surface area contributed by atoms with E-state index in [4.69, 9.17) is 24.3 Å². The maximum atomic E-state index is 12.4. The van der Waals surface area contributed by atoms with Crippen molar-refractivity contribution in [2.75, 3.05) is 33.0 Å². The summed E-state index contributed by atoms with van der Waals surface area (Å²) in [6, 6.07) is 0. The number of hydrogen-bond donors (Lipinski definition) is 2. The van der Waals surface area contributed by atoms with Crippen molar-refractivity contribution in [2.24, 2.45) is 5.73 Å². The quantitative estimate of drug-likeness (QED) is 0.0314. The summed E-state index contributed by atoms with van der Waals surface area (Å²) >= 11 is 0. The third kappa shape index (κ3) is 32.1. The predicted octanol–water partition coefficient (Wildman–Crippen LogP) is 9.52. The number of allylic oxidation sites excluding steroid dienone is 6. The first-order valence-corrected chi connectivity index (χ1v) is 19.0. The van der Waals surface area contributed by atoms with Crippen LogP contribution in [0.4, 0.5) is 0 Å². The van der Waals surface area contributed by atoms with Crippen molar-refractivity contribution < 1.29 is 32.8 Å². The maximum absolute atomic E-state index is 12.4. The Morgan fingerprint density at radius 1 is 0.682 bits per heavy atom. The Balaban J connectivity index is 4.04. The summed E-state index contributed by atoms with van der Waals surface area (Å²) in [4.78, 5) is 22.2. The number of phosphoric acid groups is 1. The van der Waals surface area contributed by atoms with Crippen molar-refractivity contribution >= 4 is 13.8 Å². The number of rotatable bonds is 33. The van der Waals surface area contributed by atoms with Crippen molar-refractivity contribution in [3.8, 4) is 0 Å². The molecule has 0 fully saturated rings. The summed E-state index contributed by atoms with van der Waals surface area (Å²) < 4.78 is 33.0. The molecule has 0 radical (unpaired) electrons. The molecule has 9 heteroatoms. The zero-order valence-corrected chi connectivity index (χ0v) is 29.0. The molecule has 0 aromatic carbocycles. The van der Waals surface area contributed by atoms with Gasteiger partial charge in [-0.3, -0.25) is 13.8 Å². The highest BCUT2D eigenvalue weighted by molar-refractivity contribution is 7.47. The molecular formula is C35H66NO7P. The lowest BCUT2D eigenvalue weighted by molar-refractivity contribution is -0.154. The molecule has 0 aliphatic rings. The Labute approximate surface area is 269 Å². The van der Waals surface area contributed by atoms with Gasteiger partial charge in [-0.1, -0.05) is 121 Å². The molecular weight excluding hydrogens is 577 g/mol. The summed E-state index contributed by atoms with van der Waals surface area (Å²) in [7, 11) is -4.26. The summed E-state index contributed by atoms with van der Waals surface area (Å²) in [5.41, 5.74) is 5.32. The lowest BCUT2D eigenvalue weighted by Crippen LogP contribution is -2.28. The largest absolute Gasteiger partial charge is 0.472 e. The van der Waals surface area contributed by atoms with Gasteiger partial charge in [-0.25, -0.2) is 4.57 Å². The van der Waals surface area contributed by atoms with Crippen LogP contribution >= 0.6 is 7.82 Å². The van der Waals surface area contributed by atoms with E-state index in [9.17, 15) is 14.3 Å². The third-order valence-corrected chi connectivity index (χ3v) is 8.04. The van der Waals surface area contributed by atoms with Gasteiger partial charge in [-0.05, 0) is 51.4 Å². The molecule has 0 aromatic heterocycles. The highest BCUT2D eigenvalue weighted by Gasteiger charge is 2.25. The van der Waals surface area contributed by atoms with Gasteiger partial charge in [0.15, 0.2) is 0 Å². The van der Waals surface area contributed by atoms with Crippen LogP contribution in [-0.2, 0) is 27.9 Å². The number of carbonyl (C=O) groups is 1. The minimum atomic E-state index is -4.26. The van der Waals surface area contributed by atoms with Gasteiger partial charge in [0.05, 0.1) is 19.8 Å². The number of esters is 1. The third-order valence-electron chi connectivity index (χ3n) is 7.06. The molecule has 2 unspecified atom stereocenters. The molecule has 0 saturated heterocycles. The SMILES string of the molecule is CCCCC/C=C\C/C=C\C/C=C\CCCCCCCCC(=O)OC(COCCCCCCCC)COP(=O)(O)OCCN. The number of hydrogen-bond acceptors (Lipinski definition) is 7. The second-order valence-electron chi connectivity index (χ2n) is 11.4. The molecule has 258 valence electrons. The lowest BCUT2D eigenvalue weighted by Gasteiger charge is -2.20. The fourth-order valence-corrected chi connectivity index (χ4v) is 5.24. The van der Waals surface area contributed by atoms with Crippen LogP contribution in [0.15, 0.2) is 36.5 Å². The van der Waals surface area contributed by atoms with Gasteiger partial charge in [-0.2, -0.15) is 0 Å². The number of unbranched alkanes of at least 4 members (excludes halogenated alkanes) is 14. The van der Waals surface area contributed by atoms with Crippen molar-refractivity contribution in [3.63, 3.8) is 0 Å². The van der Waals surface area contributed by atoms with Crippen molar-refractivity contribution in [3.05, 3.63) is 36.5 Å². The maximum Gasteiger partial charge on any atom is 0.472 e. The highest BCUT2D eigenvalue weighted by atomic mass is 31.2. The molecule has 0 spiro atoms. The normalized spacial score (nSPS) is 14.2. The topological polar surface area (TPSA) is 117 Å². The number of phosphoric ester groups is 1. The molecule has 0 rings (SSSR count). The molecule has 0 aromatic rings. The summed E-state index contributed by atoms with van der Waals surface area (Å²) in [5.74, 6) is -0.348. The van der Waals surface area contributed by atoms with Crippen LogP contribution in [0.5, 0.6) is 0 Å². The van der Waals surface area contributed by atoms with E-state index in [0.717, 1.165) is 57.8 Å². The zero-order chi connectivity index (χ0) is 32.4. The molecule has 3 N–H and O–H groups in total. The van der Waals surface area contributed by atoms with E-state index < -0.39 is 13.9 Å². The Morgan fingerprint density at radius 3 is 1.84 bits per heavy atom. The van der Waals surface area contributed by atoms with Gasteiger partial charge in [0.2, 0.25) is 0 Å². The van der Waals surface area contributed by atoms with E-state index in [1.165, 1.54) is 64.2 Å². The average Bonchev–Trinajstić information content (AvgIpc) is 3.01. The minimum absolute atomic E-state index is 0.0975. The number of carbonyl (C=O) groups excluding carboxylic acids is 1. The molecule has 0 amide bonds. The van der Waals surface area contributed by atoms with Gasteiger partial charge >= 0.3 is 13.8 Å². The molecule has 2 atom stereocenters. The van der Waals surface area contributed by atoms with Gasteiger partial charge in [-0.15, -0.1) is 0 Å². The van der Waals surface area contributed by atoms with Crippen LogP contribution < -0.4 is 5.73 Å². The van der Waals surface area contributed by atoms with Gasteiger partial charge in [0, 0.05) is 19.6 Å². The van der Waals surface area contributed by atoms with Gasteiger partial charge < -0.3 is 20.1 Å². The Bertz CT molecular complexity index is 772. The summed E-state index contributed by atoms with van der Waals surface area (Å²) in [6.07, 6.45) is 34.5. The first-order chi connectivity index (χ1) is 21.4. The summed E-state index contributed by atoms with van der Waals surface area (Å²) in [6.45, 7) is 4.81. The van der Waals surface area contributed by atoms with Crippen molar-refractivity contribution in [2.45, 2.75) is 148 Å². The van der Waals surface area contributed by atoms with Crippen LogP contribution in [0.3, 0.4) is 0 Å². The summed E-state index contributed by atoms with van der Waals surface area (Å²) in [5, 5.41) is 0. The van der Waals surface area contributed by atoms with E-state index in [0.29, 0.717) is 13.0 Å². The second kappa shape index (κ2) is 33.1. The van der Waals surface area contributed by atoms with E-state index in [1.54, 1.807) is 0 Å². The first kappa shape index (κ1) is 42.7. The van der Waals surface area contributed by atoms with Gasteiger partial charge in [0.25, 0.3) is 0 Å². The standard InChI is InChI=1S/C35H66NO7P/c1-3-5-7-9-11-12-13-14-15-16-17-18-19-20-21-22-23-24-26-28-35(37)43-34(33-42-44(38,39)41-31-29-36)32-40-30-27-25-10-8-6-4-2/h11-12,14-15,17-18,34H,3-10,13,16,19-33,36H2,1-2H3,(H,38,39)/b12-11-,15-14-,18-17-. The van der Waals surface area contributed by atoms with Crippen LogP contribution in [0.1, 0.15) is 142 Å². The van der Waals surface area contributed by atoms with Crippen molar-refractivity contribution in [1.82, 2.24) is 0 Å². The highest BCUT2D eigenvalue weighted by Crippen LogP contribution is 2.43. The second-order valence-corrected chi connectivity index (χ2v) is 12.8. The molecule has 0 aliphatic carbocycles. The minimum Gasteiger partial charge on any atom is -0.457 e. The van der Waals surface area contributed by atoms with E-state index >= 15 is 0 Å². The molecule has 0 saturated carbocycles. The molecule has 8 nitrogen and oxygen atoms in total. The smallest absolute Gasteiger partial charge is 0.457 e. The first-order valence-electron chi connectivity index (χ1n) is 17.5. The number of nitrogens with two attached hydrogens (primary N) is 1. The monoisotopic (exact) mass is 643 g/mol. The Morgan fingerprint density at radius 2 is 1.20 bits per heavy atom. The van der Waals surface area contributed by atoms with Crippen LogP contribution in [-0.4, -0.2) is 49.9 Å². The molecule has 0 aliphatic heterocycles. The fourth-order valence-electron chi connectivity index (χ4n) is 4.47. The lowest BCUT2D eigenvalue weighted by atomic mass is 10.1. The number of ether oxygens (including phenoxy) is 2. The van der Waals surface area contributed by atoms with E-state index in [-0.39, 0.29) is 32.3 Å². The molecule has 0 heterocycles. The zero-order valence-electron chi connectivity index (χ0n) is 28.1. The van der Waals surface area contributed by atoms with Crippen LogP contribution in [0, 0.1) is 0 Å². The predicted molar refractivity (Wildman–Crippen MR) is 183 cm³/mol. The van der Waals surface area contributed by atoms with E-state index in [2.05, 4.69) is 50.3 Å². The molecule has 44 heavy (non-hydrogen) atoms. The Kier molecular flexibility index (Phi) is 32.1. The van der Waals surface area contributed by atoms with Crippen LogP contribution in [0.2, 0.25) is 0 Å². The average molecular weight is 644 g/mol.